The lowest BCUT2D eigenvalue weighted by molar-refractivity contribution is -0.138. The van der Waals surface area contributed by atoms with Crippen LogP contribution in [0.2, 0.25) is 0 Å². The molecule has 0 atom stereocenters. The zero-order chi connectivity index (χ0) is 16.8. The van der Waals surface area contributed by atoms with E-state index in [0.29, 0.717) is 39.4 Å². The SMILES string of the molecule is [N-]=[N+]=NCCOCCOc1cccc(CCOCCC(=O)O)c1. The molecular weight excluding hydrogens is 302 g/mol. The molecule has 8 heteroatoms. The molecule has 0 spiro atoms. The molecule has 0 saturated carbocycles. The molecule has 1 aromatic carbocycles. The van der Waals surface area contributed by atoms with Gasteiger partial charge < -0.3 is 19.3 Å². The van der Waals surface area contributed by atoms with Gasteiger partial charge in [0.1, 0.15) is 12.4 Å². The Morgan fingerprint density at radius 3 is 2.78 bits per heavy atom. The fourth-order valence-corrected chi connectivity index (χ4v) is 1.71. The highest BCUT2D eigenvalue weighted by molar-refractivity contribution is 5.66. The van der Waals surface area contributed by atoms with Crippen molar-refractivity contribution in [3.63, 3.8) is 0 Å². The van der Waals surface area contributed by atoms with E-state index in [9.17, 15) is 4.79 Å². The van der Waals surface area contributed by atoms with Crippen LogP contribution in [0.15, 0.2) is 29.4 Å². The first-order valence-corrected chi connectivity index (χ1v) is 7.32. The number of ether oxygens (including phenoxy) is 3. The third-order valence-electron chi connectivity index (χ3n) is 2.79. The number of carboxylic acid groups (broad SMARTS) is 1. The van der Waals surface area contributed by atoms with Crippen LogP contribution < -0.4 is 4.74 Å². The quantitative estimate of drug-likeness (QED) is 0.259. The second-order valence-corrected chi connectivity index (χ2v) is 4.57. The Balaban J connectivity index is 2.17. The van der Waals surface area contributed by atoms with Crippen LogP contribution in [0.3, 0.4) is 0 Å². The Kier molecular flexibility index (Phi) is 10.0. The predicted molar refractivity (Wildman–Crippen MR) is 83.5 cm³/mol. The van der Waals surface area contributed by atoms with E-state index in [1.54, 1.807) is 0 Å². The largest absolute Gasteiger partial charge is 0.491 e. The Hall–Kier alpha value is -2.28. The Morgan fingerprint density at radius 1 is 1.17 bits per heavy atom. The lowest BCUT2D eigenvalue weighted by Crippen LogP contribution is -2.09. The number of azide groups is 1. The van der Waals surface area contributed by atoms with Crippen molar-refractivity contribution in [1.82, 2.24) is 0 Å². The normalized spacial score (nSPS) is 10.1. The van der Waals surface area contributed by atoms with Crippen LogP contribution >= 0.6 is 0 Å². The molecule has 8 nitrogen and oxygen atoms in total. The minimum atomic E-state index is -0.859. The first-order chi connectivity index (χ1) is 11.2. The number of hydrogen-bond acceptors (Lipinski definition) is 5. The summed E-state index contributed by atoms with van der Waals surface area (Å²) in [5.74, 6) is -0.117. The highest BCUT2D eigenvalue weighted by atomic mass is 16.5. The lowest BCUT2D eigenvalue weighted by atomic mass is 10.1. The molecule has 0 aliphatic rings. The van der Waals surface area contributed by atoms with E-state index in [1.165, 1.54) is 0 Å². The predicted octanol–water partition coefficient (Wildman–Crippen LogP) is 2.43. The minimum Gasteiger partial charge on any atom is -0.491 e. The molecule has 1 rings (SSSR count). The molecule has 0 fully saturated rings. The standard InChI is InChI=1S/C15H21N3O5/c16-18-17-6-9-22-10-11-23-14-3-1-2-13(12-14)4-7-21-8-5-15(19)20/h1-3,12H,4-11H2,(H,19,20). The number of aliphatic carboxylic acids is 1. The van der Waals surface area contributed by atoms with Crippen molar-refractivity contribution in [3.05, 3.63) is 40.3 Å². The number of carbonyl (C=O) groups is 1. The van der Waals surface area contributed by atoms with Gasteiger partial charge in [-0.25, -0.2) is 0 Å². The highest BCUT2D eigenvalue weighted by Gasteiger charge is 2.00. The van der Waals surface area contributed by atoms with E-state index < -0.39 is 5.97 Å². The second kappa shape index (κ2) is 12.3. The van der Waals surface area contributed by atoms with Crippen molar-refractivity contribution >= 4 is 5.97 Å². The minimum absolute atomic E-state index is 0.0167. The van der Waals surface area contributed by atoms with Crippen LogP contribution in [0.1, 0.15) is 12.0 Å². The molecule has 1 aromatic rings. The van der Waals surface area contributed by atoms with Crippen molar-refractivity contribution in [2.75, 3.05) is 39.6 Å². The second-order valence-electron chi connectivity index (χ2n) is 4.57. The lowest BCUT2D eigenvalue weighted by Gasteiger charge is -2.08. The van der Waals surface area contributed by atoms with Gasteiger partial charge in [-0.3, -0.25) is 4.79 Å². The molecule has 0 heterocycles. The zero-order valence-corrected chi connectivity index (χ0v) is 12.9. The van der Waals surface area contributed by atoms with Gasteiger partial charge in [-0.2, -0.15) is 0 Å². The maximum atomic E-state index is 10.3. The molecule has 0 saturated heterocycles. The van der Waals surface area contributed by atoms with E-state index in [-0.39, 0.29) is 13.0 Å². The molecule has 0 aliphatic heterocycles. The number of nitrogens with zero attached hydrogens (tertiary/aromatic N) is 3. The third kappa shape index (κ3) is 10.1. The number of rotatable bonds is 13. The van der Waals surface area contributed by atoms with Gasteiger partial charge in [0.15, 0.2) is 0 Å². The van der Waals surface area contributed by atoms with Crippen molar-refractivity contribution in [2.24, 2.45) is 5.11 Å². The average molecular weight is 323 g/mol. The molecule has 0 radical (unpaired) electrons. The van der Waals surface area contributed by atoms with Crippen LogP contribution in [-0.2, 0) is 20.7 Å². The maximum absolute atomic E-state index is 10.3. The van der Waals surface area contributed by atoms with Gasteiger partial charge in [0.2, 0.25) is 0 Å². The summed E-state index contributed by atoms with van der Waals surface area (Å²) in [6.45, 7) is 2.21. The topological polar surface area (TPSA) is 114 Å². The summed E-state index contributed by atoms with van der Waals surface area (Å²) in [6, 6.07) is 7.63. The van der Waals surface area contributed by atoms with Gasteiger partial charge in [-0.05, 0) is 29.6 Å². The fraction of sp³-hybridized carbons (Fsp3) is 0.533. The summed E-state index contributed by atoms with van der Waals surface area (Å²) in [6.07, 6.45) is 0.711. The average Bonchev–Trinajstić information content (AvgIpc) is 2.54. The molecule has 0 aliphatic carbocycles. The van der Waals surface area contributed by atoms with E-state index in [0.717, 1.165) is 11.3 Å². The number of benzene rings is 1. The summed E-state index contributed by atoms with van der Waals surface area (Å²) in [5.41, 5.74) is 9.16. The summed E-state index contributed by atoms with van der Waals surface area (Å²) < 4.78 is 16.1. The first-order valence-electron chi connectivity index (χ1n) is 7.32. The molecule has 0 amide bonds. The highest BCUT2D eigenvalue weighted by Crippen LogP contribution is 2.13. The van der Waals surface area contributed by atoms with Crippen molar-refractivity contribution in [3.8, 4) is 5.75 Å². The fourth-order valence-electron chi connectivity index (χ4n) is 1.71. The molecule has 0 unspecified atom stereocenters. The van der Waals surface area contributed by atoms with Crippen molar-refractivity contribution in [2.45, 2.75) is 12.8 Å². The molecule has 0 aromatic heterocycles. The molecule has 23 heavy (non-hydrogen) atoms. The first kappa shape index (κ1) is 18.8. The van der Waals surface area contributed by atoms with Crippen LogP contribution in [0, 0.1) is 0 Å². The van der Waals surface area contributed by atoms with Crippen LogP contribution in [0.25, 0.3) is 10.4 Å². The van der Waals surface area contributed by atoms with E-state index >= 15 is 0 Å². The van der Waals surface area contributed by atoms with Gasteiger partial charge in [-0.15, -0.1) is 0 Å². The summed E-state index contributed by atoms with van der Waals surface area (Å²) >= 11 is 0. The van der Waals surface area contributed by atoms with E-state index in [2.05, 4.69) is 10.0 Å². The molecule has 0 bridgehead atoms. The summed E-state index contributed by atoms with van der Waals surface area (Å²) in [4.78, 5) is 13.0. The maximum Gasteiger partial charge on any atom is 0.305 e. The van der Waals surface area contributed by atoms with Crippen LogP contribution in [-0.4, -0.2) is 50.7 Å². The van der Waals surface area contributed by atoms with Crippen molar-refractivity contribution in [1.29, 1.82) is 0 Å². The molecular formula is C15H21N3O5. The summed E-state index contributed by atoms with van der Waals surface area (Å²) in [5, 5.41) is 11.9. The van der Waals surface area contributed by atoms with E-state index in [4.69, 9.17) is 24.8 Å². The summed E-state index contributed by atoms with van der Waals surface area (Å²) in [7, 11) is 0. The monoisotopic (exact) mass is 323 g/mol. The third-order valence-corrected chi connectivity index (χ3v) is 2.79. The zero-order valence-electron chi connectivity index (χ0n) is 12.9. The van der Waals surface area contributed by atoms with Gasteiger partial charge in [-0.1, -0.05) is 17.2 Å². The Morgan fingerprint density at radius 2 is 2.00 bits per heavy atom. The van der Waals surface area contributed by atoms with Gasteiger partial charge >= 0.3 is 5.97 Å². The Bertz CT molecular complexity index is 518. The van der Waals surface area contributed by atoms with Gasteiger partial charge in [0.05, 0.1) is 32.8 Å². The smallest absolute Gasteiger partial charge is 0.305 e. The number of carboxylic acids is 1. The number of hydrogen-bond donors (Lipinski definition) is 1. The van der Waals surface area contributed by atoms with Gasteiger partial charge in [0.25, 0.3) is 0 Å². The Labute approximate surface area is 134 Å². The van der Waals surface area contributed by atoms with Gasteiger partial charge in [0, 0.05) is 11.5 Å². The van der Waals surface area contributed by atoms with Crippen molar-refractivity contribution < 1.29 is 24.1 Å². The molecule has 1 N–H and O–H groups in total. The molecule has 126 valence electrons. The van der Waals surface area contributed by atoms with E-state index in [1.807, 2.05) is 24.3 Å². The van der Waals surface area contributed by atoms with Crippen LogP contribution in [0.5, 0.6) is 5.75 Å². The van der Waals surface area contributed by atoms with Crippen LogP contribution in [0.4, 0.5) is 0 Å².